The van der Waals surface area contributed by atoms with E-state index in [9.17, 15) is 4.79 Å². The quantitative estimate of drug-likeness (QED) is 0.754. The molecule has 0 fully saturated rings. The Kier molecular flexibility index (Phi) is 3.59. The van der Waals surface area contributed by atoms with Crippen LogP contribution in [0.15, 0.2) is 18.3 Å². The van der Waals surface area contributed by atoms with E-state index in [4.69, 9.17) is 5.73 Å². The van der Waals surface area contributed by atoms with Gasteiger partial charge in [0.1, 0.15) is 0 Å². The van der Waals surface area contributed by atoms with Crippen LogP contribution in [0.3, 0.4) is 0 Å². The average molecular weight is 193 g/mol. The topological polar surface area (TPSA) is 68.0 Å². The molecule has 1 aromatic rings. The third kappa shape index (κ3) is 3.53. The van der Waals surface area contributed by atoms with E-state index >= 15 is 0 Å². The molecule has 4 heteroatoms. The number of nitrogens with zero attached hydrogens (tertiary/aromatic N) is 1. The predicted octanol–water partition coefficient (Wildman–Crippen LogP) is 1.07. The fourth-order valence-electron chi connectivity index (χ4n) is 1.13. The average Bonchev–Trinajstić information content (AvgIpc) is 2.01. The van der Waals surface area contributed by atoms with E-state index in [1.54, 1.807) is 19.2 Å². The number of hydrogen-bond acceptors (Lipinski definition) is 3. The van der Waals surface area contributed by atoms with Crippen molar-refractivity contribution in [1.29, 1.82) is 0 Å². The lowest BCUT2D eigenvalue weighted by Crippen LogP contribution is -2.23. The van der Waals surface area contributed by atoms with Crippen molar-refractivity contribution in [2.45, 2.75) is 26.3 Å². The van der Waals surface area contributed by atoms with Crippen molar-refractivity contribution < 1.29 is 4.79 Å². The summed E-state index contributed by atoms with van der Waals surface area (Å²) < 4.78 is 0. The van der Waals surface area contributed by atoms with Crippen molar-refractivity contribution in [1.82, 2.24) is 4.98 Å². The van der Waals surface area contributed by atoms with Gasteiger partial charge in [-0.05, 0) is 26.0 Å². The Morgan fingerprint density at radius 1 is 1.71 bits per heavy atom. The zero-order chi connectivity index (χ0) is 10.6. The number of amides is 1. The highest BCUT2D eigenvalue weighted by atomic mass is 16.1. The minimum Gasteiger partial charge on any atom is -0.327 e. The van der Waals surface area contributed by atoms with E-state index in [1.807, 2.05) is 13.0 Å². The molecule has 0 saturated carbocycles. The van der Waals surface area contributed by atoms with E-state index in [-0.39, 0.29) is 11.9 Å². The molecule has 4 nitrogen and oxygen atoms in total. The Morgan fingerprint density at radius 3 is 3.00 bits per heavy atom. The Balaban J connectivity index is 2.56. The Bertz CT molecular complexity index is 323. The lowest BCUT2D eigenvalue weighted by molar-refractivity contribution is -0.116. The number of carbonyl (C=O) groups is 1. The van der Waals surface area contributed by atoms with Gasteiger partial charge >= 0.3 is 0 Å². The third-order valence-electron chi connectivity index (χ3n) is 1.69. The molecular weight excluding hydrogens is 178 g/mol. The molecule has 1 aromatic heterocycles. The van der Waals surface area contributed by atoms with Gasteiger partial charge in [-0.2, -0.15) is 0 Å². The zero-order valence-corrected chi connectivity index (χ0v) is 8.45. The van der Waals surface area contributed by atoms with Crippen LogP contribution in [0.25, 0.3) is 0 Å². The molecule has 0 saturated heterocycles. The Labute approximate surface area is 83.5 Å². The molecule has 0 bridgehead atoms. The number of aromatic nitrogens is 1. The minimum absolute atomic E-state index is 0.0643. The number of nitrogens with two attached hydrogens (primary N) is 1. The molecule has 1 rings (SSSR count). The van der Waals surface area contributed by atoms with Gasteiger partial charge in [-0.3, -0.25) is 9.78 Å². The van der Waals surface area contributed by atoms with Crippen LogP contribution in [0.1, 0.15) is 19.0 Å². The van der Waals surface area contributed by atoms with Gasteiger partial charge in [-0.1, -0.05) is 0 Å². The molecule has 1 atom stereocenters. The number of aryl methyl sites for hydroxylation is 1. The van der Waals surface area contributed by atoms with Crippen LogP contribution < -0.4 is 11.1 Å². The lowest BCUT2D eigenvalue weighted by Gasteiger charge is -2.07. The van der Waals surface area contributed by atoms with E-state index in [1.165, 1.54) is 0 Å². The summed E-state index contributed by atoms with van der Waals surface area (Å²) in [6, 6.07) is 3.46. The maximum absolute atomic E-state index is 11.3. The van der Waals surface area contributed by atoms with Crippen molar-refractivity contribution in [3.8, 4) is 0 Å². The van der Waals surface area contributed by atoms with E-state index < -0.39 is 0 Å². The summed E-state index contributed by atoms with van der Waals surface area (Å²) in [5.74, 6) is -0.0643. The summed E-state index contributed by atoms with van der Waals surface area (Å²) in [4.78, 5) is 15.4. The van der Waals surface area contributed by atoms with Gasteiger partial charge in [0, 0.05) is 30.0 Å². The highest BCUT2D eigenvalue weighted by Crippen LogP contribution is 2.07. The smallest absolute Gasteiger partial charge is 0.225 e. The number of rotatable bonds is 3. The number of carbonyl (C=O) groups excluding carboxylic acids is 1. The largest absolute Gasteiger partial charge is 0.327 e. The van der Waals surface area contributed by atoms with Crippen molar-refractivity contribution in [3.63, 3.8) is 0 Å². The number of pyridine rings is 1. The third-order valence-corrected chi connectivity index (χ3v) is 1.69. The standard InChI is InChI=1S/C10H15N3O/c1-7(11)5-10(14)13-9-3-4-12-8(2)6-9/h3-4,6-7H,5,11H2,1-2H3,(H,12,13,14). The predicted molar refractivity (Wildman–Crippen MR) is 55.9 cm³/mol. The molecule has 1 heterocycles. The summed E-state index contributed by atoms with van der Waals surface area (Å²) in [5.41, 5.74) is 7.15. The van der Waals surface area contributed by atoms with Gasteiger partial charge in [0.15, 0.2) is 0 Å². The first-order valence-corrected chi connectivity index (χ1v) is 4.56. The van der Waals surface area contributed by atoms with Crippen LogP contribution >= 0.6 is 0 Å². The minimum atomic E-state index is -0.113. The molecule has 1 amide bonds. The maximum Gasteiger partial charge on any atom is 0.225 e. The normalized spacial score (nSPS) is 12.2. The number of anilines is 1. The summed E-state index contributed by atoms with van der Waals surface area (Å²) in [7, 11) is 0. The maximum atomic E-state index is 11.3. The highest BCUT2D eigenvalue weighted by molar-refractivity contribution is 5.90. The molecule has 0 spiro atoms. The molecule has 1 unspecified atom stereocenters. The van der Waals surface area contributed by atoms with Crippen LogP contribution in [0.5, 0.6) is 0 Å². The molecule has 0 radical (unpaired) electrons. The molecular formula is C10H15N3O. The second-order valence-corrected chi connectivity index (χ2v) is 3.42. The first-order chi connectivity index (χ1) is 6.58. The fraction of sp³-hybridized carbons (Fsp3) is 0.400. The van der Waals surface area contributed by atoms with Crippen LogP contribution in [-0.4, -0.2) is 16.9 Å². The van der Waals surface area contributed by atoms with Crippen molar-refractivity contribution in [3.05, 3.63) is 24.0 Å². The molecule has 0 aliphatic carbocycles. The number of hydrogen-bond donors (Lipinski definition) is 2. The van der Waals surface area contributed by atoms with Gasteiger partial charge in [0.25, 0.3) is 0 Å². The number of nitrogens with one attached hydrogen (secondary N) is 1. The summed E-state index contributed by atoms with van der Waals surface area (Å²) in [5, 5.41) is 2.76. The SMILES string of the molecule is Cc1cc(NC(=O)CC(C)N)ccn1. The van der Waals surface area contributed by atoms with Gasteiger partial charge in [0.2, 0.25) is 5.91 Å². The second kappa shape index (κ2) is 4.72. The molecule has 14 heavy (non-hydrogen) atoms. The van der Waals surface area contributed by atoms with Gasteiger partial charge in [-0.25, -0.2) is 0 Å². The fourth-order valence-corrected chi connectivity index (χ4v) is 1.13. The van der Waals surface area contributed by atoms with E-state index in [0.29, 0.717) is 6.42 Å². The van der Waals surface area contributed by atoms with Crippen molar-refractivity contribution in [2.75, 3.05) is 5.32 Å². The first kappa shape index (κ1) is 10.7. The van der Waals surface area contributed by atoms with Crippen molar-refractivity contribution >= 4 is 11.6 Å². The zero-order valence-electron chi connectivity index (χ0n) is 8.45. The van der Waals surface area contributed by atoms with Crippen LogP contribution in [0, 0.1) is 6.92 Å². The second-order valence-electron chi connectivity index (χ2n) is 3.42. The molecule has 3 N–H and O–H groups in total. The first-order valence-electron chi connectivity index (χ1n) is 4.56. The molecule has 76 valence electrons. The monoisotopic (exact) mass is 193 g/mol. The van der Waals surface area contributed by atoms with Gasteiger partial charge in [0.05, 0.1) is 0 Å². The Morgan fingerprint density at radius 2 is 2.43 bits per heavy atom. The Hall–Kier alpha value is -1.42. The summed E-state index contributed by atoms with van der Waals surface area (Å²) in [6.07, 6.45) is 2.00. The van der Waals surface area contributed by atoms with Crippen molar-refractivity contribution in [2.24, 2.45) is 5.73 Å². The molecule has 0 aliphatic rings. The van der Waals surface area contributed by atoms with E-state index in [0.717, 1.165) is 11.4 Å². The van der Waals surface area contributed by atoms with E-state index in [2.05, 4.69) is 10.3 Å². The van der Waals surface area contributed by atoms with Crippen LogP contribution in [0.4, 0.5) is 5.69 Å². The van der Waals surface area contributed by atoms with Crippen LogP contribution in [0.2, 0.25) is 0 Å². The highest BCUT2D eigenvalue weighted by Gasteiger charge is 2.05. The molecule has 0 aromatic carbocycles. The van der Waals surface area contributed by atoms with Crippen LogP contribution in [-0.2, 0) is 4.79 Å². The van der Waals surface area contributed by atoms with Gasteiger partial charge < -0.3 is 11.1 Å². The lowest BCUT2D eigenvalue weighted by atomic mass is 10.2. The summed E-state index contributed by atoms with van der Waals surface area (Å²) >= 11 is 0. The van der Waals surface area contributed by atoms with Gasteiger partial charge in [-0.15, -0.1) is 0 Å². The molecule has 0 aliphatic heterocycles. The summed E-state index contributed by atoms with van der Waals surface area (Å²) in [6.45, 7) is 3.68.